The van der Waals surface area contributed by atoms with E-state index in [0.717, 1.165) is 42.1 Å². The third-order valence-corrected chi connectivity index (χ3v) is 4.17. The van der Waals surface area contributed by atoms with Crippen LogP contribution in [0.5, 0.6) is 0 Å². The second-order valence-electron chi connectivity index (χ2n) is 3.52. The molecule has 1 heterocycles. The zero-order valence-corrected chi connectivity index (χ0v) is 11.2. The van der Waals surface area contributed by atoms with E-state index in [1.165, 1.54) is 6.07 Å². The molecule has 0 amide bonds. The fourth-order valence-electron chi connectivity index (χ4n) is 1.50. The Morgan fingerprint density at radius 1 is 1.38 bits per heavy atom. The van der Waals surface area contributed by atoms with E-state index in [1.807, 2.05) is 6.07 Å². The Kier molecular flexibility index (Phi) is 4.64. The van der Waals surface area contributed by atoms with Gasteiger partial charge in [-0.15, -0.1) is 0 Å². The van der Waals surface area contributed by atoms with Crippen LogP contribution in [-0.2, 0) is 10.1 Å². The highest BCUT2D eigenvalue weighted by molar-refractivity contribution is 9.08. The van der Waals surface area contributed by atoms with Crippen LogP contribution in [-0.4, -0.2) is 30.6 Å². The first-order chi connectivity index (χ1) is 7.79. The second-order valence-corrected chi connectivity index (χ2v) is 5.22. The Bertz CT molecular complexity index is 358. The molecular weight excluding hydrogens is 293 g/mol. The normalized spacial score (nSPS) is 17.6. The van der Waals surface area contributed by atoms with Gasteiger partial charge in [-0.2, -0.15) is 0 Å². The van der Waals surface area contributed by atoms with Gasteiger partial charge in [-0.25, -0.2) is 8.70 Å². The number of benzene rings is 1. The van der Waals surface area contributed by atoms with Crippen molar-refractivity contribution in [1.82, 2.24) is 4.31 Å². The molecule has 5 heteroatoms. The molecule has 2 rings (SSSR count). The van der Waals surface area contributed by atoms with Gasteiger partial charge in [-0.05, 0) is 29.6 Å². The van der Waals surface area contributed by atoms with Gasteiger partial charge in [-0.1, -0.05) is 22.0 Å². The predicted octanol–water partition coefficient (Wildman–Crippen LogP) is 3.06. The van der Waals surface area contributed by atoms with E-state index in [4.69, 9.17) is 4.74 Å². The van der Waals surface area contributed by atoms with E-state index >= 15 is 0 Å². The third kappa shape index (κ3) is 3.20. The summed E-state index contributed by atoms with van der Waals surface area (Å²) in [4.78, 5) is 0.985. The molecule has 0 unspecified atom stereocenters. The van der Waals surface area contributed by atoms with Crippen molar-refractivity contribution in [3.05, 3.63) is 29.6 Å². The highest BCUT2D eigenvalue weighted by Crippen LogP contribution is 2.29. The first-order valence-electron chi connectivity index (χ1n) is 5.14. The SMILES string of the molecule is Fc1ccc(CBr)c(SN2CCOCC2)c1. The lowest BCUT2D eigenvalue weighted by Gasteiger charge is -2.25. The third-order valence-electron chi connectivity index (χ3n) is 2.37. The highest BCUT2D eigenvalue weighted by atomic mass is 79.9. The van der Waals surface area contributed by atoms with Crippen molar-refractivity contribution in [2.45, 2.75) is 10.2 Å². The summed E-state index contributed by atoms with van der Waals surface area (Å²) in [6, 6.07) is 4.92. The van der Waals surface area contributed by atoms with Crippen LogP contribution < -0.4 is 0 Å². The van der Waals surface area contributed by atoms with E-state index in [1.54, 1.807) is 18.0 Å². The van der Waals surface area contributed by atoms with Crippen molar-refractivity contribution in [2.75, 3.05) is 26.3 Å². The zero-order chi connectivity index (χ0) is 11.4. The quantitative estimate of drug-likeness (QED) is 0.629. The average Bonchev–Trinajstić information content (AvgIpc) is 2.31. The fraction of sp³-hybridized carbons (Fsp3) is 0.455. The van der Waals surface area contributed by atoms with Crippen molar-refractivity contribution in [3.8, 4) is 0 Å². The summed E-state index contributed by atoms with van der Waals surface area (Å²) in [5.41, 5.74) is 1.12. The molecule has 1 aliphatic heterocycles. The largest absolute Gasteiger partial charge is 0.379 e. The first-order valence-corrected chi connectivity index (χ1v) is 7.04. The molecule has 0 N–H and O–H groups in total. The van der Waals surface area contributed by atoms with Gasteiger partial charge in [0.1, 0.15) is 5.82 Å². The van der Waals surface area contributed by atoms with Crippen molar-refractivity contribution < 1.29 is 9.13 Å². The molecule has 0 spiro atoms. The molecule has 0 radical (unpaired) electrons. The van der Waals surface area contributed by atoms with Crippen LogP contribution in [0, 0.1) is 5.82 Å². The molecule has 0 atom stereocenters. The number of ether oxygens (including phenoxy) is 1. The number of hydrogen-bond acceptors (Lipinski definition) is 3. The van der Waals surface area contributed by atoms with Crippen LogP contribution in [0.15, 0.2) is 23.1 Å². The molecule has 1 saturated heterocycles. The second kappa shape index (κ2) is 6.00. The Morgan fingerprint density at radius 3 is 2.81 bits per heavy atom. The molecule has 1 fully saturated rings. The number of rotatable bonds is 3. The van der Waals surface area contributed by atoms with Gasteiger partial charge in [0.15, 0.2) is 0 Å². The predicted molar refractivity (Wildman–Crippen MR) is 67.3 cm³/mol. The van der Waals surface area contributed by atoms with Crippen molar-refractivity contribution in [1.29, 1.82) is 0 Å². The van der Waals surface area contributed by atoms with Crippen LogP contribution >= 0.6 is 27.9 Å². The summed E-state index contributed by atoms with van der Waals surface area (Å²) < 4.78 is 20.7. The highest BCUT2D eigenvalue weighted by Gasteiger charge is 2.14. The maximum atomic E-state index is 13.2. The molecule has 1 aromatic rings. The van der Waals surface area contributed by atoms with Crippen LogP contribution in [0.4, 0.5) is 4.39 Å². The Morgan fingerprint density at radius 2 is 2.12 bits per heavy atom. The zero-order valence-electron chi connectivity index (χ0n) is 8.79. The monoisotopic (exact) mass is 305 g/mol. The number of hydrogen-bond donors (Lipinski definition) is 0. The lowest BCUT2D eigenvalue weighted by Crippen LogP contribution is -2.31. The Balaban J connectivity index is 2.09. The van der Waals surface area contributed by atoms with Crippen molar-refractivity contribution in [3.63, 3.8) is 0 Å². The molecule has 1 aliphatic rings. The maximum Gasteiger partial charge on any atom is 0.124 e. The van der Waals surface area contributed by atoms with Gasteiger partial charge in [0.25, 0.3) is 0 Å². The Hall–Kier alpha value is -0.100. The average molecular weight is 306 g/mol. The maximum absolute atomic E-state index is 13.2. The van der Waals surface area contributed by atoms with E-state index in [2.05, 4.69) is 20.2 Å². The summed E-state index contributed by atoms with van der Waals surface area (Å²) in [5.74, 6) is -0.180. The number of alkyl halides is 1. The van der Waals surface area contributed by atoms with Crippen LogP contribution in [0.2, 0.25) is 0 Å². The number of halogens is 2. The minimum Gasteiger partial charge on any atom is -0.379 e. The van der Waals surface area contributed by atoms with Gasteiger partial charge < -0.3 is 4.74 Å². The molecule has 0 aromatic heterocycles. The standard InChI is InChI=1S/C11H13BrFNOS/c12-8-9-1-2-10(13)7-11(9)16-14-3-5-15-6-4-14/h1-2,7H,3-6,8H2. The lowest BCUT2D eigenvalue weighted by molar-refractivity contribution is 0.0773. The molecule has 88 valence electrons. The van der Waals surface area contributed by atoms with Crippen LogP contribution in [0.25, 0.3) is 0 Å². The molecule has 0 bridgehead atoms. The van der Waals surface area contributed by atoms with Crippen molar-refractivity contribution in [2.24, 2.45) is 0 Å². The summed E-state index contributed by atoms with van der Waals surface area (Å²) in [7, 11) is 0. The number of nitrogens with zero attached hydrogens (tertiary/aromatic N) is 1. The van der Waals surface area contributed by atoms with E-state index in [-0.39, 0.29) is 5.82 Å². The summed E-state index contributed by atoms with van der Waals surface area (Å²) in [6.45, 7) is 3.30. The molecule has 0 aliphatic carbocycles. The molecule has 1 aromatic carbocycles. The molecular formula is C11H13BrFNOS. The molecule has 2 nitrogen and oxygen atoms in total. The van der Waals surface area contributed by atoms with Crippen LogP contribution in [0.3, 0.4) is 0 Å². The minimum atomic E-state index is -0.180. The van der Waals surface area contributed by atoms with Crippen molar-refractivity contribution >= 4 is 27.9 Å². The van der Waals surface area contributed by atoms with Crippen LogP contribution in [0.1, 0.15) is 5.56 Å². The molecule has 0 saturated carbocycles. The minimum absolute atomic E-state index is 0.180. The van der Waals surface area contributed by atoms with E-state index in [9.17, 15) is 4.39 Å². The summed E-state index contributed by atoms with van der Waals surface area (Å²) >= 11 is 5.03. The van der Waals surface area contributed by atoms with Gasteiger partial charge >= 0.3 is 0 Å². The van der Waals surface area contributed by atoms with E-state index in [0.29, 0.717) is 0 Å². The van der Waals surface area contributed by atoms with Gasteiger partial charge in [0.05, 0.1) is 13.2 Å². The van der Waals surface area contributed by atoms with Gasteiger partial charge in [-0.3, -0.25) is 0 Å². The first kappa shape index (κ1) is 12.4. The smallest absolute Gasteiger partial charge is 0.124 e. The number of morpholine rings is 1. The Labute approximate surface area is 107 Å². The fourth-order valence-corrected chi connectivity index (χ4v) is 3.21. The van der Waals surface area contributed by atoms with E-state index < -0.39 is 0 Å². The lowest BCUT2D eigenvalue weighted by atomic mass is 10.2. The van der Waals surface area contributed by atoms with Gasteiger partial charge in [0, 0.05) is 23.3 Å². The topological polar surface area (TPSA) is 12.5 Å². The van der Waals surface area contributed by atoms with Gasteiger partial charge in [0.2, 0.25) is 0 Å². The summed E-state index contributed by atoms with van der Waals surface area (Å²) in [6.07, 6.45) is 0. The summed E-state index contributed by atoms with van der Waals surface area (Å²) in [5, 5.41) is 0.750. The molecule has 16 heavy (non-hydrogen) atoms.